The smallest absolute Gasteiger partial charge is 0.341 e. The van der Waals surface area contributed by atoms with Crippen LogP contribution in [0.4, 0.5) is 16.4 Å². The molecule has 5 nitrogen and oxygen atoms in total. The van der Waals surface area contributed by atoms with Crippen LogP contribution in [0.1, 0.15) is 27.0 Å². The van der Waals surface area contributed by atoms with Crippen molar-refractivity contribution in [3.05, 3.63) is 113 Å². The average Bonchev–Trinajstić information content (AvgIpc) is 3.26. The maximum atomic E-state index is 13.4. The van der Waals surface area contributed by atoms with E-state index in [1.54, 1.807) is 25.3 Å². The van der Waals surface area contributed by atoms with Gasteiger partial charge in [-0.1, -0.05) is 60.1 Å². The predicted molar refractivity (Wildman–Crippen MR) is 144 cm³/mol. The molecule has 2 N–H and O–H groups in total. The Bertz CT molecular complexity index is 1330. The molecule has 0 aliphatic rings. The lowest BCUT2D eigenvalue weighted by Gasteiger charge is -2.10. The molecule has 1 heterocycles. The van der Waals surface area contributed by atoms with Crippen LogP contribution in [0.25, 0.3) is 11.1 Å². The van der Waals surface area contributed by atoms with Gasteiger partial charge in [-0.15, -0.1) is 11.3 Å². The van der Waals surface area contributed by atoms with E-state index in [-0.39, 0.29) is 12.4 Å². The number of hydrogen-bond acceptors (Lipinski definition) is 6. The summed E-state index contributed by atoms with van der Waals surface area (Å²) in [7, 11) is 0. The first-order chi connectivity index (χ1) is 17.1. The summed E-state index contributed by atoms with van der Waals surface area (Å²) in [6.07, 6.45) is 3.03. The summed E-state index contributed by atoms with van der Waals surface area (Å²) in [6.45, 7) is 1.98. The number of esters is 1. The monoisotopic (exact) mass is 502 g/mol. The van der Waals surface area contributed by atoms with Crippen LogP contribution < -0.4 is 10.6 Å². The summed E-state index contributed by atoms with van der Waals surface area (Å²) in [5.41, 5.74) is 3.25. The molecule has 4 aromatic rings. The van der Waals surface area contributed by atoms with Crippen LogP contribution in [0.2, 0.25) is 5.02 Å². The molecule has 3 aromatic carbocycles. The first kappa shape index (κ1) is 24.3. The van der Waals surface area contributed by atoms with E-state index in [0.717, 1.165) is 16.9 Å². The van der Waals surface area contributed by atoms with Crippen molar-refractivity contribution in [3.63, 3.8) is 0 Å². The van der Waals surface area contributed by atoms with Gasteiger partial charge in [-0.3, -0.25) is 4.79 Å². The Morgan fingerprint density at radius 1 is 0.914 bits per heavy atom. The quantitative estimate of drug-likeness (QED) is 0.139. The van der Waals surface area contributed by atoms with Crippen molar-refractivity contribution in [1.29, 1.82) is 0 Å². The molecule has 1 aromatic heterocycles. The summed E-state index contributed by atoms with van der Waals surface area (Å²) in [5, 5.41) is 7.55. The van der Waals surface area contributed by atoms with E-state index in [4.69, 9.17) is 16.3 Å². The first-order valence-corrected chi connectivity index (χ1v) is 12.2. The van der Waals surface area contributed by atoms with Gasteiger partial charge in [0.1, 0.15) is 10.6 Å². The van der Waals surface area contributed by atoms with E-state index in [1.165, 1.54) is 17.4 Å². The fraction of sp³-hybridized carbons (Fsp3) is 0.0714. The number of hydrogen-bond donors (Lipinski definition) is 2. The Hall–Kier alpha value is -3.87. The summed E-state index contributed by atoms with van der Waals surface area (Å²) in [6, 6.07) is 26.1. The number of thiophene rings is 1. The van der Waals surface area contributed by atoms with Gasteiger partial charge >= 0.3 is 5.97 Å². The molecule has 0 spiro atoms. The Kier molecular flexibility index (Phi) is 7.98. The largest absolute Gasteiger partial charge is 0.462 e. The number of carbonyl (C=O) groups is 2. The lowest BCUT2D eigenvalue weighted by Crippen LogP contribution is -2.08. The topological polar surface area (TPSA) is 67.4 Å². The fourth-order valence-corrected chi connectivity index (χ4v) is 4.74. The minimum atomic E-state index is -0.483. The molecule has 0 fully saturated rings. The van der Waals surface area contributed by atoms with Crippen molar-refractivity contribution >= 4 is 51.1 Å². The minimum Gasteiger partial charge on any atom is -0.462 e. The van der Waals surface area contributed by atoms with Gasteiger partial charge in [0.15, 0.2) is 5.78 Å². The number of para-hydroxylation sites is 1. The molecule has 0 saturated carbocycles. The Morgan fingerprint density at radius 2 is 1.57 bits per heavy atom. The Labute approximate surface area is 213 Å². The van der Waals surface area contributed by atoms with E-state index >= 15 is 0 Å². The molecule has 7 heteroatoms. The van der Waals surface area contributed by atoms with E-state index in [0.29, 0.717) is 26.0 Å². The van der Waals surface area contributed by atoms with Crippen LogP contribution in [-0.2, 0) is 4.74 Å². The molecule has 0 saturated heterocycles. The second kappa shape index (κ2) is 11.5. The number of benzene rings is 3. The van der Waals surface area contributed by atoms with E-state index in [2.05, 4.69) is 10.6 Å². The van der Waals surface area contributed by atoms with Crippen molar-refractivity contribution < 1.29 is 14.3 Å². The van der Waals surface area contributed by atoms with Gasteiger partial charge in [0.2, 0.25) is 0 Å². The molecule has 0 radical (unpaired) electrons. The number of allylic oxidation sites excluding steroid dienone is 1. The van der Waals surface area contributed by atoms with Crippen molar-refractivity contribution in [1.82, 2.24) is 0 Å². The summed E-state index contributed by atoms with van der Waals surface area (Å²) >= 11 is 7.16. The zero-order valence-electron chi connectivity index (χ0n) is 19.0. The van der Waals surface area contributed by atoms with Gasteiger partial charge in [-0.2, -0.15) is 0 Å². The molecular weight excluding hydrogens is 480 g/mol. The zero-order valence-corrected chi connectivity index (χ0v) is 20.5. The number of rotatable bonds is 9. The van der Waals surface area contributed by atoms with Gasteiger partial charge in [0.05, 0.1) is 11.5 Å². The summed E-state index contributed by atoms with van der Waals surface area (Å²) in [4.78, 5) is 26.9. The van der Waals surface area contributed by atoms with Gasteiger partial charge in [0, 0.05) is 34.2 Å². The number of anilines is 3. The molecule has 35 heavy (non-hydrogen) atoms. The van der Waals surface area contributed by atoms with Gasteiger partial charge in [0.25, 0.3) is 0 Å². The molecule has 0 aliphatic heterocycles. The van der Waals surface area contributed by atoms with E-state index in [1.807, 2.05) is 72.8 Å². The van der Waals surface area contributed by atoms with Crippen molar-refractivity contribution in [2.75, 3.05) is 17.2 Å². The molecule has 0 aliphatic carbocycles. The third kappa shape index (κ3) is 5.98. The Balaban J connectivity index is 1.76. The molecule has 0 unspecified atom stereocenters. The highest BCUT2D eigenvalue weighted by Gasteiger charge is 2.28. The van der Waals surface area contributed by atoms with Gasteiger partial charge < -0.3 is 15.4 Å². The SMILES string of the molecule is CCOC(=O)c1c(Nc2ccccc2)sc(C(=O)/C=C/Nc2ccc(Cl)cc2)c1-c1ccccc1. The van der Waals surface area contributed by atoms with Crippen molar-refractivity contribution in [2.24, 2.45) is 0 Å². The minimum absolute atomic E-state index is 0.224. The standard InChI is InChI=1S/C28H23ClN2O3S/c1-2-34-28(33)25-24(19-9-5-3-6-10-19)26(35-27(25)31-22-11-7-4-8-12-22)23(32)17-18-30-21-15-13-20(29)14-16-21/h3-18,30-31H,2H2,1H3/b18-17+. The second-order valence-corrected chi connectivity index (χ2v) is 8.89. The van der Waals surface area contributed by atoms with Crippen LogP contribution in [0, 0.1) is 0 Å². The predicted octanol–water partition coefficient (Wildman–Crippen LogP) is 7.80. The van der Waals surface area contributed by atoms with Crippen LogP contribution in [0.3, 0.4) is 0 Å². The van der Waals surface area contributed by atoms with Crippen LogP contribution >= 0.6 is 22.9 Å². The molecule has 4 rings (SSSR count). The highest BCUT2D eigenvalue weighted by Crippen LogP contribution is 2.42. The fourth-order valence-electron chi connectivity index (χ4n) is 3.46. The summed E-state index contributed by atoms with van der Waals surface area (Å²) < 4.78 is 5.39. The van der Waals surface area contributed by atoms with Gasteiger partial charge in [-0.25, -0.2) is 4.79 Å². The number of halogens is 1. The van der Waals surface area contributed by atoms with Crippen LogP contribution in [0.15, 0.2) is 97.2 Å². The van der Waals surface area contributed by atoms with E-state index in [9.17, 15) is 9.59 Å². The normalized spacial score (nSPS) is 10.8. The van der Waals surface area contributed by atoms with Gasteiger partial charge in [-0.05, 0) is 48.9 Å². The van der Waals surface area contributed by atoms with Crippen molar-refractivity contribution in [3.8, 4) is 11.1 Å². The van der Waals surface area contributed by atoms with E-state index < -0.39 is 5.97 Å². The molecule has 176 valence electrons. The van der Waals surface area contributed by atoms with Crippen LogP contribution in [-0.4, -0.2) is 18.4 Å². The summed E-state index contributed by atoms with van der Waals surface area (Å²) in [5.74, 6) is -0.717. The number of carbonyl (C=O) groups excluding carboxylic acids is 2. The second-order valence-electron chi connectivity index (χ2n) is 7.44. The highest BCUT2D eigenvalue weighted by molar-refractivity contribution is 7.19. The third-order valence-electron chi connectivity index (χ3n) is 5.03. The maximum Gasteiger partial charge on any atom is 0.341 e. The van der Waals surface area contributed by atoms with Crippen LogP contribution in [0.5, 0.6) is 0 Å². The average molecular weight is 503 g/mol. The zero-order chi connectivity index (χ0) is 24.6. The molecule has 0 bridgehead atoms. The Morgan fingerprint density at radius 3 is 2.23 bits per heavy atom. The maximum absolute atomic E-state index is 13.4. The molecule has 0 amide bonds. The number of ketones is 1. The first-order valence-electron chi connectivity index (χ1n) is 11.0. The lowest BCUT2D eigenvalue weighted by molar-refractivity contribution is 0.0529. The highest BCUT2D eigenvalue weighted by atomic mass is 35.5. The molecular formula is C28H23ClN2O3S. The number of nitrogens with one attached hydrogen (secondary N) is 2. The third-order valence-corrected chi connectivity index (χ3v) is 6.41. The molecule has 0 atom stereocenters. The number of ether oxygens (including phenoxy) is 1. The lowest BCUT2D eigenvalue weighted by atomic mass is 9.99. The van der Waals surface area contributed by atoms with Crippen molar-refractivity contribution in [2.45, 2.75) is 6.92 Å².